The van der Waals surface area contributed by atoms with E-state index in [1.54, 1.807) is 6.92 Å². The molecule has 4 atom stereocenters. The second-order valence-corrected chi connectivity index (χ2v) is 7.11. The van der Waals surface area contributed by atoms with Crippen molar-refractivity contribution in [1.29, 1.82) is 0 Å². The van der Waals surface area contributed by atoms with Gasteiger partial charge in [-0.15, -0.1) is 0 Å². The summed E-state index contributed by atoms with van der Waals surface area (Å²) in [6, 6.07) is 1.14. The fraction of sp³-hybridized carbons (Fsp3) is 0.667. The van der Waals surface area contributed by atoms with Crippen molar-refractivity contribution in [3.05, 3.63) is 33.1 Å². The van der Waals surface area contributed by atoms with E-state index in [0.29, 0.717) is 0 Å². The molecule has 0 bridgehead atoms. The van der Waals surface area contributed by atoms with Crippen LogP contribution in [0.2, 0.25) is 0 Å². The maximum Gasteiger partial charge on any atom is 0.469 e. The summed E-state index contributed by atoms with van der Waals surface area (Å²) in [4.78, 5) is 42.9. The van der Waals surface area contributed by atoms with Gasteiger partial charge in [-0.2, -0.15) is 0 Å². The number of H-pyrrole nitrogens is 1. The number of ether oxygens (including phenoxy) is 1. The van der Waals surface area contributed by atoms with Crippen molar-refractivity contribution in [2.24, 2.45) is 5.92 Å². The molecule has 0 spiro atoms. The van der Waals surface area contributed by atoms with E-state index in [-0.39, 0.29) is 0 Å². The topological polar surface area (TPSA) is 151 Å². The van der Waals surface area contributed by atoms with Crippen LogP contribution in [0.4, 0.5) is 0 Å². The summed E-state index contributed by atoms with van der Waals surface area (Å²) in [5.41, 5.74) is -4.17. The molecule has 1 aromatic heterocycles. The lowest BCUT2D eigenvalue weighted by molar-refractivity contribution is -0.121. The number of phosphoric acid groups is 1. The monoisotopic (exact) mass is 350 g/mol. The number of aromatic amines is 1. The van der Waals surface area contributed by atoms with Crippen molar-refractivity contribution in [2.75, 3.05) is 6.61 Å². The van der Waals surface area contributed by atoms with Crippen molar-refractivity contribution in [3.8, 4) is 0 Å². The Labute approximate surface area is 130 Å². The van der Waals surface area contributed by atoms with Crippen LogP contribution in [0.1, 0.15) is 20.8 Å². The average Bonchev–Trinajstić information content (AvgIpc) is 2.57. The second-order valence-electron chi connectivity index (χ2n) is 5.88. The minimum Gasteiger partial charge on any atom is -0.387 e. The number of phosphoric ester groups is 1. The van der Waals surface area contributed by atoms with Gasteiger partial charge in [-0.1, -0.05) is 6.92 Å². The van der Waals surface area contributed by atoms with Gasteiger partial charge in [0.15, 0.2) is 5.72 Å². The maximum atomic E-state index is 12.0. The highest BCUT2D eigenvalue weighted by Gasteiger charge is 2.58. The molecule has 0 aromatic carbocycles. The van der Waals surface area contributed by atoms with E-state index < -0.39 is 49.0 Å². The third-order valence-corrected chi connectivity index (χ3v) is 4.89. The molecule has 0 radical (unpaired) electrons. The van der Waals surface area contributed by atoms with Gasteiger partial charge >= 0.3 is 13.5 Å². The van der Waals surface area contributed by atoms with Gasteiger partial charge in [-0.05, 0) is 13.8 Å². The Kier molecular flexibility index (Phi) is 4.44. The molecule has 0 aliphatic carbocycles. The van der Waals surface area contributed by atoms with Crippen LogP contribution in [0.5, 0.6) is 0 Å². The molecular formula is C12H19N2O8P. The van der Waals surface area contributed by atoms with Gasteiger partial charge < -0.3 is 19.6 Å². The van der Waals surface area contributed by atoms with Crippen LogP contribution in [0.3, 0.4) is 0 Å². The smallest absolute Gasteiger partial charge is 0.387 e. The summed E-state index contributed by atoms with van der Waals surface area (Å²) < 4.78 is 22.1. The summed E-state index contributed by atoms with van der Waals surface area (Å²) in [5, 5.41) is 10.6. The van der Waals surface area contributed by atoms with Crippen LogP contribution in [0.25, 0.3) is 0 Å². The Hall–Kier alpha value is -1.29. The molecule has 1 aliphatic heterocycles. The maximum absolute atomic E-state index is 12.0. The second kappa shape index (κ2) is 5.66. The zero-order valence-corrected chi connectivity index (χ0v) is 13.7. The summed E-state index contributed by atoms with van der Waals surface area (Å²) in [6.07, 6.45) is 0.147. The Balaban J connectivity index is 2.39. The Morgan fingerprint density at radius 3 is 2.57 bits per heavy atom. The molecule has 130 valence electrons. The number of nitrogens with one attached hydrogen (secondary N) is 1. The van der Waals surface area contributed by atoms with E-state index in [0.717, 1.165) is 10.6 Å². The predicted molar refractivity (Wildman–Crippen MR) is 77.6 cm³/mol. The van der Waals surface area contributed by atoms with Gasteiger partial charge in [-0.3, -0.25) is 18.9 Å². The molecule has 4 unspecified atom stereocenters. The van der Waals surface area contributed by atoms with E-state index in [4.69, 9.17) is 14.5 Å². The fourth-order valence-electron chi connectivity index (χ4n) is 2.73. The molecule has 23 heavy (non-hydrogen) atoms. The molecular weight excluding hydrogens is 331 g/mol. The van der Waals surface area contributed by atoms with Crippen LogP contribution in [-0.4, -0.2) is 42.8 Å². The third kappa shape index (κ3) is 3.32. The van der Waals surface area contributed by atoms with Crippen LogP contribution < -0.4 is 11.2 Å². The van der Waals surface area contributed by atoms with E-state index in [2.05, 4.69) is 9.51 Å². The number of hydrogen-bond donors (Lipinski definition) is 4. The van der Waals surface area contributed by atoms with E-state index >= 15 is 0 Å². The highest BCUT2D eigenvalue weighted by atomic mass is 31.2. The number of nitrogens with zero attached hydrogens (tertiary/aromatic N) is 1. The van der Waals surface area contributed by atoms with Crippen molar-refractivity contribution in [1.82, 2.24) is 9.55 Å². The molecule has 1 fully saturated rings. The van der Waals surface area contributed by atoms with E-state index in [1.807, 2.05) is 0 Å². The molecule has 1 aromatic rings. The van der Waals surface area contributed by atoms with Crippen LogP contribution in [-0.2, 0) is 19.6 Å². The molecule has 1 saturated heterocycles. The van der Waals surface area contributed by atoms with E-state index in [1.165, 1.54) is 20.0 Å². The van der Waals surface area contributed by atoms with Crippen molar-refractivity contribution < 1.29 is 28.7 Å². The lowest BCUT2D eigenvalue weighted by Crippen LogP contribution is -2.48. The first-order chi connectivity index (χ1) is 10.4. The average molecular weight is 350 g/mol. The fourth-order valence-corrected chi connectivity index (χ4v) is 3.06. The highest BCUT2D eigenvalue weighted by molar-refractivity contribution is 7.46. The molecule has 2 heterocycles. The van der Waals surface area contributed by atoms with Crippen molar-refractivity contribution >= 4 is 7.82 Å². The Bertz CT molecular complexity index is 750. The standard InChI is InChI=1S/C12H19N2O8P/c1-7-11(2,17)8(6-21-23(18,19)20)22-12(7,3)14-5-4-9(15)13-10(14)16/h4-5,7-8,17H,6H2,1-3H3,(H,13,15,16)(H2,18,19,20). The van der Waals surface area contributed by atoms with Gasteiger partial charge in [0, 0.05) is 18.2 Å². The minimum atomic E-state index is -4.73. The molecule has 10 nitrogen and oxygen atoms in total. The van der Waals surface area contributed by atoms with Crippen LogP contribution in [0.15, 0.2) is 21.9 Å². The lowest BCUT2D eigenvalue weighted by Gasteiger charge is -2.32. The summed E-state index contributed by atoms with van der Waals surface area (Å²) in [7, 11) is -4.73. The molecule has 0 saturated carbocycles. The number of hydrogen-bond acceptors (Lipinski definition) is 6. The lowest BCUT2D eigenvalue weighted by atomic mass is 9.83. The van der Waals surface area contributed by atoms with Crippen molar-refractivity contribution in [3.63, 3.8) is 0 Å². The molecule has 2 rings (SSSR count). The minimum absolute atomic E-state index is 0.560. The van der Waals surface area contributed by atoms with Gasteiger partial charge in [0.1, 0.15) is 6.10 Å². The first-order valence-corrected chi connectivity index (χ1v) is 8.33. The van der Waals surface area contributed by atoms with Crippen molar-refractivity contribution in [2.45, 2.75) is 38.2 Å². The highest BCUT2D eigenvalue weighted by Crippen LogP contribution is 2.47. The molecule has 11 heteroatoms. The van der Waals surface area contributed by atoms with Gasteiger partial charge in [0.2, 0.25) is 0 Å². The normalized spacial score (nSPS) is 34.7. The van der Waals surface area contributed by atoms with Crippen LogP contribution >= 0.6 is 7.82 Å². The molecule has 0 amide bonds. The van der Waals surface area contributed by atoms with Crippen LogP contribution in [0, 0.1) is 5.92 Å². The van der Waals surface area contributed by atoms with Gasteiger partial charge in [-0.25, -0.2) is 9.36 Å². The number of aromatic nitrogens is 2. The number of aliphatic hydroxyl groups is 1. The summed E-state index contributed by atoms with van der Waals surface area (Å²) in [6.45, 7) is 4.01. The zero-order valence-electron chi connectivity index (χ0n) is 12.8. The first kappa shape index (κ1) is 18.1. The Morgan fingerprint density at radius 2 is 2.04 bits per heavy atom. The quantitative estimate of drug-likeness (QED) is 0.510. The zero-order chi connectivity index (χ0) is 17.6. The van der Waals surface area contributed by atoms with Gasteiger partial charge in [0.25, 0.3) is 5.56 Å². The van der Waals surface area contributed by atoms with Gasteiger partial charge in [0.05, 0.1) is 12.2 Å². The Morgan fingerprint density at radius 1 is 1.43 bits per heavy atom. The SMILES string of the molecule is CC1C(C)(O)C(COP(=O)(O)O)OC1(C)n1ccc(=O)[nH]c1=O. The molecule has 4 N–H and O–H groups in total. The van der Waals surface area contributed by atoms with E-state index in [9.17, 15) is 19.3 Å². The largest absolute Gasteiger partial charge is 0.469 e. The first-order valence-electron chi connectivity index (χ1n) is 6.80. The predicted octanol–water partition coefficient (Wildman–Crippen LogP) is -0.896. The number of rotatable bonds is 4. The molecule has 1 aliphatic rings. The summed E-state index contributed by atoms with van der Waals surface area (Å²) >= 11 is 0. The third-order valence-electron chi connectivity index (χ3n) is 4.41. The summed E-state index contributed by atoms with van der Waals surface area (Å²) in [5.74, 6) is -0.649.